The van der Waals surface area contributed by atoms with Crippen LogP contribution >= 0.6 is 0 Å². The lowest BCUT2D eigenvalue weighted by atomic mass is 10.1. The van der Waals surface area contributed by atoms with E-state index in [1.54, 1.807) is 29.6 Å². The summed E-state index contributed by atoms with van der Waals surface area (Å²) in [5, 5.41) is 15.6. The lowest BCUT2D eigenvalue weighted by molar-refractivity contribution is -0.682. The lowest BCUT2D eigenvalue weighted by Gasteiger charge is -2.17. The maximum absolute atomic E-state index is 12.2. The molecule has 1 atom stereocenters. The van der Waals surface area contributed by atoms with Crippen molar-refractivity contribution in [3.05, 3.63) is 60.2 Å². The molecule has 1 amide bonds. The van der Waals surface area contributed by atoms with Gasteiger partial charge in [-0.05, 0) is 17.7 Å². The first-order chi connectivity index (χ1) is 12.1. The van der Waals surface area contributed by atoms with Crippen molar-refractivity contribution in [2.75, 3.05) is 19.0 Å². The first-order valence-corrected chi connectivity index (χ1v) is 8.11. The van der Waals surface area contributed by atoms with Gasteiger partial charge in [-0.3, -0.25) is 4.79 Å². The zero-order valence-corrected chi connectivity index (χ0v) is 14.1. The van der Waals surface area contributed by atoms with Crippen LogP contribution < -0.4 is 20.5 Å². The topological polar surface area (TPSA) is 95.1 Å². The second-order valence-electron chi connectivity index (χ2n) is 5.64. The molecule has 0 aliphatic rings. The second-order valence-corrected chi connectivity index (χ2v) is 5.64. The molecule has 0 heterocycles. The van der Waals surface area contributed by atoms with Crippen molar-refractivity contribution in [3.8, 4) is 5.75 Å². The minimum atomic E-state index is -1.25. The van der Waals surface area contributed by atoms with Gasteiger partial charge in [0.25, 0.3) is 0 Å². The van der Waals surface area contributed by atoms with Gasteiger partial charge >= 0.3 is 0 Å². The van der Waals surface area contributed by atoms with Crippen LogP contribution in [0.15, 0.2) is 54.6 Å². The monoisotopic (exact) mass is 342 g/mol. The quantitative estimate of drug-likeness (QED) is 0.668. The van der Waals surface area contributed by atoms with E-state index in [-0.39, 0.29) is 6.42 Å². The predicted molar refractivity (Wildman–Crippen MR) is 92.0 cm³/mol. The first kappa shape index (κ1) is 18.5. The molecular weight excluding hydrogens is 320 g/mol. The van der Waals surface area contributed by atoms with Crippen LogP contribution in [0.2, 0.25) is 0 Å². The fourth-order valence-electron chi connectivity index (χ4n) is 2.51. The molecule has 2 aromatic carbocycles. The average molecular weight is 342 g/mol. The van der Waals surface area contributed by atoms with E-state index in [0.717, 1.165) is 12.0 Å². The summed E-state index contributed by atoms with van der Waals surface area (Å²) in [6.07, 6.45) is 0.550. The van der Waals surface area contributed by atoms with E-state index in [2.05, 4.69) is 5.32 Å². The highest BCUT2D eigenvalue weighted by Crippen LogP contribution is 2.23. The molecule has 2 rings (SSSR count). The summed E-state index contributed by atoms with van der Waals surface area (Å²) in [4.78, 5) is 23.5. The van der Waals surface area contributed by atoms with Crippen molar-refractivity contribution in [2.45, 2.75) is 18.9 Å². The van der Waals surface area contributed by atoms with E-state index in [9.17, 15) is 14.7 Å². The Balaban J connectivity index is 1.87. The third kappa shape index (κ3) is 5.93. The number of quaternary nitrogens is 1. The Kier molecular flexibility index (Phi) is 6.98. The fourth-order valence-corrected chi connectivity index (χ4v) is 2.51. The molecule has 0 aliphatic carbocycles. The molecule has 3 N–H and O–H groups in total. The molecule has 0 saturated heterocycles. The van der Waals surface area contributed by atoms with E-state index >= 15 is 0 Å². The Morgan fingerprint density at radius 1 is 1.12 bits per heavy atom. The Morgan fingerprint density at radius 2 is 1.80 bits per heavy atom. The number of carboxylic acid groups (broad SMARTS) is 1. The molecule has 0 spiro atoms. The van der Waals surface area contributed by atoms with E-state index < -0.39 is 17.9 Å². The molecule has 0 unspecified atom stereocenters. The molecule has 25 heavy (non-hydrogen) atoms. The highest BCUT2D eigenvalue weighted by Gasteiger charge is 2.19. The number of nitrogens with one attached hydrogen (secondary N) is 1. The zero-order chi connectivity index (χ0) is 18.1. The number of ether oxygens (including phenoxy) is 1. The molecule has 0 aromatic heterocycles. The van der Waals surface area contributed by atoms with Gasteiger partial charge in [-0.25, -0.2) is 0 Å². The Morgan fingerprint density at radius 3 is 2.48 bits per heavy atom. The summed E-state index contributed by atoms with van der Waals surface area (Å²) in [5.41, 5.74) is 1.63. The number of nitrogens with two attached hydrogens (primary N) is 1. The number of hydrogen-bond donors (Lipinski definition) is 2. The van der Waals surface area contributed by atoms with Gasteiger partial charge in [0.1, 0.15) is 11.8 Å². The molecule has 132 valence electrons. The maximum atomic E-state index is 12.2. The van der Waals surface area contributed by atoms with Crippen molar-refractivity contribution in [1.29, 1.82) is 0 Å². The van der Waals surface area contributed by atoms with Gasteiger partial charge < -0.3 is 25.3 Å². The maximum Gasteiger partial charge on any atom is 0.230 e. The van der Waals surface area contributed by atoms with Gasteiger partial charge in [0.2, 0.25) is 5.91 Å². The standard InChI is InChI=1S/C19H22N2O4/c1-25-17-10-6-5-9-15(17)21-18(22)13-16(19(23)24)20-12-11-14-7-3-2-4-8-14/h2-10,16,20H,11-13H2,1H3,(H,21,22)(H,23,24)/t16-/m0/s1. The van der Waals surface area contributed by atoms with Gasteiger partial charge in [0.15, 0.2) is 0 Å². The van der Waals surface area contributed by atoms with Crippen molar-refractivity contribution < 1.29 is 24.7 Å². The predicted octanol–water partition coefficient (Wildman–Crippen LogP) is -0.0516. The molecule has 0 saturated carbocycles. The molecule has 0 aliphatic heterocycles. The van der Waals surface area contributed by atoms with Crippen LogP contribution in [0.5, 0.6) is 5.75 Å². The summed E-state index contributed by atoms with van der Waals surface area (Å²) in [7, 11) is 1.51. The van der Waals surface area contributed by atoms with Gasteiger partial charge in [0.05, 0.1) is 31.7 Å². The summed E-state index contributed by atoms with van der Waals surface area (Å²) in [6, 6.07) is 15.8. The van der Waals surface area contributed by atoms with Gasteiger partial charge in [-0.15, -0.1) is 0 Å². The number of carbonyl (C=O) groups excluding carboxylic acids is 2. The van der Waals surface area contributed by atoms with Crippen LogP contribution in [0.1, 0.15) is 12.0 Å². The largest absolute Gasteiger partial charge is 0.544 e. The minimum Gasteiger partial charge on any atom is -0.544 e. The smallest absolute Gasteiger partial charge is 0.230 e. The molecule has 6 nitrogen and oxygen atoms in total. The van der Waals surface area contributed by atoms with Crippen LogP contribution in [0.4, 0.5) is 5.69 Å². The number of para-hydroxylation sites is 2. The van der Waals surface area contributed by atoms with Crippen molar-refractivity contribution in [3.63, 3.8) is 0 Å². The fraction of sp³-hybridized carbons (Fsp3) is 0.263. The number of aliphatic carboxylic acids is 1. The molecule has 0 bridgehead atoms. The van der Waals surface area contributed by atoms with E-state index in [4.69, 9.17) is 4.74 Å². The Hall–Kier alpha value is -2.86. The van der Waals surface area contributed by atoms with E-state index in [0.29, 0.717) is 18.0 Å². The first-order valence-electron chi connectivity index (χ1n) is 8.11. The number of amides is 1. The van der Waals surface area contributed by atoms with Crippen LogP contribution in [0.25, 0.3) is 0 Å². The Labute approximate surface area is 146 Å². The van der Waals surface area contributed by atoms with E-state index in [1.807, 2.05) is 30.3 Å². The van der Waals surface area contributed by atoms with Crippen molar-refractivity contribution in [2.24, 2.45) is 0 Å². The number of hydrogen-bond acceptors (Lipinski definition) is 4. The van der Waals surface area contributed by atoms with Gasteiger partial charge in [-0.2, -0.15) is 0 Å². The number of anilines is 1. The zero-order valence-electron chi connectivity index (χ0n) is 14.1. The highest BCUT2D eigenvalue weighted by atomic mass is 16.5. The molecule has 2 aromatic rings. The summed E-state index contributed by atoms with van der Waals surface area (Å²) in [6.45, 7) is 0.560. The number of methoxy groups -OCH3 is 1. The van der Waals surface area contributed by atoms with Gasteiger partial charge in [-0.1, -0.05) is 42.5 Å². The highest BCUT2D eigenvalue weighted by molar-refractivity contribution is 5.94. The van der Waals surface area contributed by atoms with Gasteiger partial charge in [0, 0.05) is 6.42 Å². The lowest BCUT2D eigenvalue weighted by Crippen LogP contribution is -2.93. The Bertz CT molecular complexity index is 704. The van der Waals surface area contributed by atoms with E-state index in [1.165, 1.54) is 7.11 Å². The summed E-state index contributed by atoms with van der Waals surface area (Å²) >= 11 is 0. The van der Waals surface area contributed by atoms with Crippen LogP contribution in [-0.4, -0.2) is 31.6 Å². The number of rotatable bonds is 9. The number of benzene rings is 2. The third-order valence-electron chi connectivity index (χ3n) is 3.82. The molecule has 6 heteroatoms. The number of carbonyl (C=O) groups is 2. The second kappa shape index (κ2) is 9.44. The molecule has 0 fully saturated rings. The molecular formula is C19H22N2O4. The molecule has 0 radical (unpaired) electrons. The van der Waals surface area contributed by atoms with Crippen LogP contribution in [0, 0.1) is 0 Å². The number of carboxylic acids is 1. The van der Waals surface area contributed by atoms with Crippen LogP contribution in [0.3, 0.4) is 0 Å². The van der Waals surface area contributed by atoms with Crippen LogP contribution in [-0.2, 0) is 16.0 Å². The van der Waals surface area contributed by atoms with Crippen molar-refractivity contribution in [1.82, 2.24) is 0 Å². The summed E-state index contributed by atoms with van der Waals surface area (Å²) < 4.78 is 5.16. The average Bonchev–Trinajstić information content (AvgIpc) is 2.62. The summed E-state index contributed by atoms with van der Waals surface area (Å²) in [5.74, 6) is -1.12. The normalized spacial score (nSPS) is 11.6. The minimum absolute atomic E-state index is 0.171. The SMILES string of the molecule is COc1ccccc1NC(=O)C[C@H]([NH2+]CCc1ccccc1)C(=O)[O-]. The van der Waals surface area contributed by atoms with Crippen molar-refractivity contribution >= 4 is 17.6 Å². The third-order valence-corrected chi connectivity index (χ3v) is 3.82.